The average molecular weight is 426 g/mol. The van der Waals surface area contributed by atoms with Crippen LogP contribution in [0.25, 0.3) is 21.6 Å². The van der Waals surface area contributed by atoms with E-state index < -0.39 is 0 Å². The summed E-state index contributed by atoms with van der Waals surface area (Å²) in [5, 5.41) is 6.07. The van der Waals surface area contributed by atoms with Crippen LogP contribution in [0, 0.1) is 0 Å². The molecule has 0 aliphatic heterocycles. The second kappa shape index (κ2) is 7.23. The summed E-state index contributed by atoms with van der Waals surface area (Å²) < 4.78 is 1.99. The molecular weight excluding hydrogens is 406 g/mol. The van der Waals surface area contributed by atoms with E-state index in [1.807, 2.05) is 35.3 Å². The third-order valence-electron chi connectivity index (χ3n) is 5.17. The minimum absolute atomic E-state index is 0.0862. The van der Waals surface area contributed by atoms with Crippen LogP contribution < -0.4 is 10.9 Å². The zero-order chi connectivity index (χ0) is 20.0. The zero-order valence-corrected chi connectivity index (χ0v) is 17.5. The van der Waals surface area contributed by atoms with Crippen LogP contribution in [0.2, 0.25) is 0 Å². The summed E-state index contributed by atoms with van der Waals surface area (Å²) in [6.07, 6.45) is 5.68. The van der Waals surface area contributed by atoms with Crippen molar-refractivity contribution in [2.45, 2.75) is 32.1 Å². The Morgan fingerprint density at radius 2 is 2.24 bits per heavy atom. The van der Waals surface area contributed by atoms with E-state index in [1.165, 1.54) is 21.8 Å². The van der Waals surface area contributed by atoms with E-state index in [1.54, 1.807) is 11.3 Å². The van der Waals surface area contributed by atoms with E-state index >= 15 is 0 Å². The normalized spacial score (nSPS) is 13.1. The number of carbonyl (C=O) groups is 1. The Labute approximate surface area is 174 Å². The number of amides is 1. The molecule has 0 fully saturated rings. The van der Waals surface area contributed by atoms with Crippen LogP contribution >= 0.6 is 22.7 Å². The van der Waals surface area contributed by atoms with Crippen LogP contribution in [0.15, 0.2) is 28.5 Å². The molecular formula is C20H19N5O2S2. The summed E-state index contributed by atoms with van der Waals surface area (Å²) in [6.45, 7) is 0. The number of carbonyl (C=O) groups excluding carboxylic acids is 1. The van der Waals surface area contributed by atoms with E-state index in [4.69, 9.17) is 0 Å². The Morgan fingerprint density at radius 3 is 3.07 bits per heavy atom. The van der Waals surface area contributed by atoms with Crippen molar-refractivity contribution in [3.05, 3.63) is 50.3 Å². The molecule has 29 heavy (non-hydrogen) atoms. The number of hydrogen-bond acceptors (Lipinski definition) is 6. The maximum absolute atomic E-state index is 12.5. The van der Waals surface area contributed by atoms with Crippen molar-refractivity contribution in [1.29, 1.82) is 0 Å². The van der Waals surface area contributed by atoms with Crippen molar-refractivity contribution in [2.24, 2.45) is 7.05 Å². The summed E-state index contributed by atoms with van der Waals surface area (Å²) >= 11 is 3.01. The highest BCUT2D eigenvalue weighted by molar-refractivity contribution is 7.18. The smallest absolute Gasteiger partial charge is 0.259 e. The quantitative estimate of drug-likeness (QED) is 0.512. The van der Waals surface area contributed by atoms with E-state index in [0.717, 1.165) is 40.9 Å². The van der Waals surface area contributed by atoms with Gasteiger partial charge in [-0.05, 0) is 37.0 Å². The Hall–Kier alpha value is -2.78. The third-order valence-corrected chi connectivity index (χ3v) is 7.11. The van der Waals surface area contributed by atoms with Gasteiger partial charge in [-0.2, -0.15) is 0 Å². The fourth-order valence-electron chi connectivity index (χ4n) is 3.75. The fourth-order valence-corrected chi connectivity index (χ4v) is 5.76. The van der Waals surface area contributed by atoms with Gasteiger partial charge in [0.2, 0.25) is 5.91 Å². The van der Waals surface area contributed by atoms with E-state index in [0.29, 0.717) is 17.4 Å². The van der Waals surface area contributed by atoms with Gasteiger partial charge in [0.05, 0.1) is 16.8 Å². The summed E-state index contributed by atoms with van der Waals surface area (Å²) in [5.41, 5.74) is 2.91. The van der Waals surface area contributed by atoms with Crippen molar-refractivity contribution in [1.82, 2.24) is 19.5 Å². The first kappa shape index (κ1) is 18.3. The number of rotatable bonds is 5. The van der Waals surface area contributed by atoms with Crippen molar-refractivity contribution in [3.8, 4) is 11.4 Å². The number of nitrogens with zero attached hydrogens (tertiary/aromatic N) is 3. The molecule has 148 valence electrons. The Balaban J connectivity index is 1.26. The highest BCUT2D eigenvalue weighted by Gasteiger charge is 2.21. The zero-order valence-electron chi connectivity index (χ0n) is 15.8. The summed E-state index contributed by atoms with van der Waals surface area (Å²) in [5.74, 6) is 0.412. The lowest BCUT2D eigenvalue weighted by atomic mass is 10.2. The molecule has 0 saturated heterocycles. The van der Waals surface area contributed by atoms with Crippen molar-refractivity contribution in [2.75, 3.05) is 5.32 Å². The lowest BCUT2D eigenvalue weighted by molar-refractivity contribution is -0.116. The average Bonchev–Trinajstić information content (AvgIpc) is 3.44. The van der Waals surface area contributed by atoms with Crippen LogP contribution in [0.4, 0.5) is 5.13 Å². The van der Waals surface area contributed by atoms with E-state index in [-0.39, 0.29) is 17.9 Å². The molecule has 0 unspecified atom stereocenters. The standard InChI is InChI=1S/C20H19N5O2S2/c1-25-9-3-5-13(25)12-10-28-20(21-12)24-16(26)8-7-15-22-18(27)17-11-4-2-6-14(11)29-19(17)23-15/h3,5,9-10H,2,4,6-8H2,1H3,(H,21,24,26)(H,22,23,27). The molecule has 0 saturated carbocycles. The number of H-pyrrole nitrogens is 1. The molecule has 7 nitrogen and oxygen atoms in total. The van der Waals surface area contributed by atoms with Gasteiger partial charge in [-0.25, -0.2) is 9.97 Å². The van der Waals surface area contributed by atoms with Gasteiger partial charge in [0.25, 0.3) is 5.56 Å². The number of fused-ring (bicyclic) bond motifs is 3. The molecule has 2 N–H and O–H groups in total. The van der Waals surface area contributed by atoms with E-state index in [9.17, 15) is 9.59 Å². The number of aryl methyl sites for hydroxylation is 4. The first-order chi connectivity index (χ1) is 14.1. The minimum atomic E-state index is -0.144. The van der Waals surface area contributed by atoms with Crippen molar-refractivity contribution >= 4 is 43.9 Å². The second-order valence-corrected chi connectivity index (χ2v) is 9.08. The molecule has 0 spiro atoms. The SMILES string of the molecule is Cn1cccc1-c1csc(NC(=O)CCc2nc3sc4c(c3c(=O)[nH]2)CCC4)n1. The number of hydrogen-bond donors (Lipinski definition) is 2. The molecule has 0 atom stereocenters. The van der Waals surface area contributed by atoms with Gasteiger partial charge >= 0.3 is 0 Å². The van der Waals surface area contributed by atoms with Crippen LogP contribution in [-0.4, -0.2) is 25.4 Å². The maximum atomic E-state index is 12.5. The molecule has 4 aromatic heterocycles. The number of anilines is 1. The fraction of sp³-hybridized carbons (Fsp3) is 0.300. The number of thiazole rings is 1. The van der Waals surface area contributed by atoms with Gasteiger partial charge in [0.1, 0.15) is 10.7 Å². The lowest BCUT2D eigenvalue weighted by Gasteiger charge is -2.03. The lowest BCUT2D eigenvalue weighted by Crippen LogP contribution is -2.16. The Bertz CT molecular complexity index is 1280. The first-order valence-corrected chi connectivity index (χ1v) is 11.2. The summed E-state index contributed by atoms with van der Waals surface area (Å²) in [7, 11) is 1.96. The van der Waals surface area contributed by atoms with Gasteiger partial charge in [-0.15, -0.1) is 22.7 Å². The summed E-state index contributed by atoms with van der Waals surface area (Å²) in [4.78, 5) is 38.9. The number of nitrogens with one attached hydrogen (secondary N) is 2. The van der Waals surface area contributed by atoms with Crippen molar-refractivity contribution < 1.29 is 4.79 Å². The number of aromatic nitrogens is 4. The number of thiophene rings is 1. The molecule has 5 rings (SSSR count). The molecule has 0 aromatic carbocycles. The molecule has 9 heteroatoms. The van der Waals surface area contributed by atoms with Crippen LogP contribution in [0.3, 0.4) is 0 Å². The monoisotopic (exact) mass is 425 g/mol. The third kappa shape index (κ3) is 3.40. The van der Waals surface area contributed by atoms with Crippen LogP contribution in [0.1, 0.15) is 29.1 Å². The topological polar surface area (TPSA) is 92.7 Å². The van der Waals surface area contributed by atoms with Gasteiger partial charge in [-0.3, -0.25) is 9.59 Å². The van der Waals surface area contributed by atoms with Crippen molar-refractivity contribution in [3.63, 3.8) is 0 Å². The molecule has 1 aliphatic carbocycles. The molecule has 0 radical (unpaired) electrons. The highest BCUT2D eigenvalue weighted by atomic mass is 32.1. The molecule has 0 bridgehead atoms. The predicted octanol–water partition coefficient (Wildman–Crippen LogP) is 3.51. The Morgan fingerprint density at radius 1 is 1.34 bits per heavy atom. The molecule has 1 amide bonds. The number of aromatic amines is 1. The second-order valence-electron chi connectivity index (χ2n) is 7.14. The molecule has 4 aromatic rings. The van der Waals surface area contributed by atoms with E-state index in [2.05, 4.69) is 20.3 Å². The van der Waals surface area contributed by atoms with Crippen LogP contribution in [-0.2, 0) is 31.1 Å². The van der Waals surface area contributed by atoms with Gasteiger partial charge in [0.15, 0.2) is 5.13 Å². The van der Waals surface area contributed by atoms with Gasteiger partial charge in [0, 0.05) is 36.3 Å². The van der Waals surface area contributed by atoms with Gasteiger partial charge < -0.3 is 14.9 Å². The van der Waals surface area contributed by atoms with Gasteiger partial charge in [-0.1, -0.05) is 0 Å². The molecule has 1 aliphatic rings. The highest BCUT2D eigenvalue weighted by Crippen LogP contribution is 2.34. The molecule has 4 heterocycles. The minimum Gasteiger partial charge on any atom is -0.349 e. The first-order valence-electron chi connectivity index (χ1n) is 9.49. The Kier molecular flexibility index (Phi) is 4.56. The predicted molar refractivity (Wildman–Crippen MR) is 116 cm³/mol. The summed E-state index contributed by atoms with van der Waals surface area (Å²) in [6, 6.07) is 3.94. The van der Waals surface area contributed by atoms with Crippen LogP contribution in [0.5, 0.6) is 0 Å². The largest absolute Gasteiger partial charge is 0.349 e. The maximum Gasteiger partial charge on any atom is 0.259 e.